The van der Waals surface area contributed by atoms with Gasteiger partial charge in [-0.15, -0.1) is 0 Å². The number of fused-ring (bicyclic) bond motifs is 1. The summed E-state index contributed by atoms with van der Waals surface area (Å²) >= 11 is 0. The van der Waals surface area contributed by atoms with E-state index in [4.69, 9.17) is 4.52 Å². The van der Waals surface area contributed by atoms with Crippen molar-refractivity contribution in [3.63, 3.8) is 0 Å². The van der Waals surface area contributed by atoms with E-state index in [1.54, 1.807) is 4.90 Å². The number of carbonyl (C=O) groups excluding carboxylic acids is 1. The Balaban J connectivity index is 1.77. The normalized spacial score (nSPS) is 25.6. The summed E-state index contributed by atoms with van der Waals surface area (Å²) in [5.41, 5.74) is 0.110. The zero-order chi connectivity index (χ0) is 24.3. The maximum Gasteiger partial charge on any atom is 0.348 e. The van der Waals surface area contributed by atoms with Crippen LogP contribution in [0.15, 0.2) is 34.3 Å². The molecule has 1 aromatic rings. The highest BCUT2D eigenvalue weighted by Crippen LogP contribution is 2.52. The highest BCUT2D eigenvalue weighted by Gasteiger charge is 2.49. The lowest BCUT2D eigenvalue weighted by molar-refractivity contribution is -0.128. The minimum Gasteiger partial charge on any atom is -0.509 e. The van der Waals surface area contributed by atoms with Gasteiger partial charge in [-0.05, 0) is 42.4 Å². The van der Waals surface area contributed by atoms with Crippen molar-refractivity contribution in [3.8, 4) is 0 Å². The molecule has 1 aliphatic carbocycles. The van der Waals surface area contributed by atoms with Crippen LogP contribution in [-0.4, -0.2) is 56.1 Å². The zero-order valence-electron chi connectivity index (χ0n) is 19.2. The molecule has 0 spiro atoms. The Labute approximate surface area is 193 Å². The minimum atomic E-state index is -3.86. The zero-order valence-corrected chi connectivity index (χ0v) is 21.0. The number of hydrogen-bond acceptors (Lipinski definition) is 7. The van der Waals surface area contributed by atoms with Crippen molar-refractivity contribution in [1.82, 2.24) is 4.90 Å². The van der Waals surface area contributed by atoms with E-state index in [0.29, 0.717) is 18.2 Å². The molecule has 4 rings (SSSR count). The van der Waals surface area contributed by atoms with Gasteiger partial charge in [0.25, 0.3) is 5.91 Å². The quantitative estimate of drug-likeness (QED) is 0.515. The summed E-state index contributed by atoms with van der Waals surface area (Å²) in [4.78, 5) is 15.1. The van der Waals surface area contributed by atoms with Crippen molar-refractivity contribution >= 4 is 46.0 Å². The van der Waals surface area contributed by atoms with Crippen LogP contribution in [-0.2, 0) is 23.9 Å². The van der Waals surface area contributed by atoms with Gasteiger partial charge < -0.3 is 19.8 Å². The van der Waals surface area contributed by atoms with Crippen LogP contribution >= 0.6 is 7.52 Å². The molecular formula is C21H29N4O6PS. The number of rotatable bonds is 6. The van der Waals surface area contributed by atoms with Gasteiger partial charge >= 0.3 is 7.52 Å². The van der Waals surface area contributed by atoms with Gasteiger partial charge in [0.05, 0.1) is 23.3 Å². The van der Waals surface area contributed by atoms with E-state index in [-0.39, 0.29) is 34.1 Å². The molecule has 2 unspecified atom stereocenters. The average Bonchev–Trinajstić information content (AvgIpc) is 3.45. The van der Waals surface area contributed by atoms with Gasteiger partial charge in [-0.2, -0.15) is 4.76 Å². The number of sulfonamides is 1. The van der Waals surface area contributed by atoms with Gasteiger partial charge in [-0.3, -0.25) is 14.1 Å². The summed E-state index contributed by atoms with van der Waals surface area (Å²) in [6.45, 7) is 6.39. The van der Waals surface area contributed by atoms with E-state index in [0.717, 1.165) is 19.1 Å². The van der Waals surface area contributed by atoms with Crippen LogP contribution in [0.4, 0.5) is 11.4 Å². The molecule has 12 heteroatoms. The summed E-state index contributed by atoms with van der Waals surface area (Å²) in [7, 11) is -6.17. The van der Waals surface area contributed by atoms with Crippen molar-refractivity contribution in [3.05, 3.63) is 29.5 Å². The topological polar surface area (TPSA) is 137 Å². The van der Waals surface area contributed by atoms with Crippen LogP contribution < -0.4 is 15.3 Å². The second kappa shape index (κ2) is 7.85. The molecule has 0 saturated heterocycles. The Morgan fingerprint density at radius 3 is 2.55 bits per heavy atom. The van der Waals surface area contributed by atoms with Gasteiger partial charge in [0, 0.05) is 19.3 Å². The van der Waals surface area contributed by atoms with Crippen LogP contribution in [0.3, 0.4) is 0 Å². The first-order chi connectivity index (χ1) is 15.2. The molecule has 0 radical (unpaired) electrons. The summed E-state index contributed by atoms with van der Waals surface area (Å²) in [6, 6.07) is 3.88. The number of aliphatic hydroxyl groups is 1. The lowest BCUT2D eigenvalue weighted by Crippen LogP contribution is -2.45. The van der Waals surface area contributed by atoms with Gasteiger partial charge in [0.2, 0.25) is 10.0 Å². The third-order valence-corrected chi connectivity index (χ3v) is 8.39. The Morgan fingerprint density at radius 1 is 1.33 bits per heavy atom. The van der Waals surface area contributed by atoms with Crippen molar-refractivity contribution < 1.29 is 27.4 Å². The Hall–Kier alpha value is -2.36. The number of nitrogens with one attached hydrogen (secondary N) is 2. The Bertz CT molecular complexity index is 1230. The number of carbonyl (C=O) groups is 1. The fourth-order valence-electron chi connectivity index (χ4n) is 4.26. The molecular weight excluding hydrogens is 467 g/mol. The van der Waals surface area contributed by atoms with Gasteiger partial charge in [0.15, 0.2) is 5.84 Å². The van der Waals surface area contributed by atoms with Gasteiger partial charge in [-0.1, -0.05) is 20.8 Å². The third-order valence-electron chi connectivity index (χ3n) is 5.85. The molecule has 1 aromatic carbocycles. The first kappa shape index (κ1) is 23.8. The maximum atomic E-state index is 13.6. The lowest BCUT2D eigenvalue weighted by atomic mass is 9.85. The third kappa shape index (κ3) is 4.54. The molecule has 1 fully saturated rings. The van der Waals surface area contributed by atoms with Crippen LogP contribution in [0.25, 0.3) is 0 Å². The number of amides is 1. The molecule has 33 heavy (non-hydrogen) atoms. The molecule has 0 bridgehead atoms. The average molecular weight is 497 g/mol. The second-order valence-electron chi connectivity index (χ2n) is 9.81. The summed E-state index contributed by atoms with van der Waals surface area (Å²) in [5, 5.41) is 14.3. The number of aliphatic hydroxyl groups excluding tert-OH is 1. The fraction of sp³-hybridized carbons (Fsp3) is 0.524. The van der Waals surface area contributed by atoms with Crippen molar-refractivity contribution in [2.45, 2.75) is 39.7 Å². The number of amidine groups is 1. The number of hydrogen-bond donors (Lipinski definition) is 3. The Kier molecular flexibility index (Phi) is 5.66. The van der Waals surface area contributed by atoms with Crippen LogP contribution in [0, 0.1) is 11.3 Å². The molecule has 3 N–H and O–H groups in total. The molecule has 0 aromatic heterocycles. The largest absolute Gasteiger partial charge is 0.509 e. The summed E-state index contributed by atoms with van der Waals surface area (Å²) < 4.78 is 48.6. The highest BCUT2D eigenvalue weighted by atomic mass is 32.2. The molecule has 2 atom stereocenters. The predicted octanol–water partition coefficient (Wildman–Crippen LogP) is 2.83. The first-order valence-corrected chi connectivity index (χ1v) is 14.1. The van der Waals surface area contributed by atoms with Gasteiger partial charge in [0.1, 0.15) is 11.3 Å². The van der Waals surface area contributed by atoms with E-state index in [1.165, 1.54) is 25.3 Å². The van der Waals surface area contributed by atoms with Crippen LogP contribution in [0.1, 0.15) is 33.6 Å². The monoisotopic (exact) mass is 496 g/mol. The Morgan fingerprint density at radius 2 is 2.00 bits per heavy atom. The second-order valence-corrected chi connectivity index (χ2v) is 13.6. The van der Waals surface area contributed by atoms with Crippen molar-refractivity contribution in [2.75, 3.05) is 29.9 Å². The van der Waals surface area contributed by atoms with Crippen molar-refractivity contribution in [1.29, 1.82) is 0 Å². The van der Waals surface area contributed by atoms with Gasteiger partial charge in [-0.25, -0.2) is 8.42 Å². The fourth-order valence-corrected chi connectivity index (χ4v) is 6.35. The maximum absolute atomic E-state index is 13.6. The van der Waals surface area contributed by atoms with Crippen LogP contribution in [0.2, 0.25) is 0 Å². The molecule has 3 aliphatic rings. The van der Waals surface area contributed by atoms with Crippen molar-refractivity contribution in [2.24, 2.45) is 16.1 Å². The number of nitrogens with zero attached hydrogens (tertiary/aromatic N) is 2. The summed E-state index contributed by atoms with van der Waals surface area (Å²) in [5.74, 6) is -0.0850. The highest BCUT2D eigenvalue weighted by molar-refractivity contribution is 7.92. The standard InChI is InChI=1S/C21H29N4O6PS/c1-21(2,3)18-17(26)16(20(27)25(18)11-12-6-7-12)19-22-14-9-8-13(24-33(5,29)30)10-15(14)32(28,23-19)31-4/h8-10,12,18,24,26H,6-7,11H2,1-5H3,(H,22,23,28). The van der Waals surface area contributed by atoms with E-state index in [1.807, 2.05) is 20.8 Å². The van der Waals surface area contributed by atoms with E-state index >= 15 is 0 Å². The summed E-state index contributed by atoms with van der Waals surface area (Å²) in [6.07, 6.45) is 3.11. The predicted molar refractivity (Wildman–Crippen MR) is 128 cm³/mol. The SMILES string of the molecule is COP1(=O)N=C(C2=C(O)C(C(C)(C)C)N(CC3CC3)C2=O)Nc2ccc(NS(C)(=O)=O)cc21. The first-order valence-electron chi connectivity index (χ1n) is 10.6. The van der Waals surface area contributed by atoms with E-state index < -0.39 is 29.0 Å². The lowest BCUT2D eigenvalue weighted by Gasteiger charge is -2.35. The number of anilines is 2. The number of benzene rings is 1. The smallest absolute Gasteiger partial charge is 0.348 e. The molecule has 1 saturated carbocycles. The molecule has 1 amide bonds. The van der Waals surface area contributed by atoms with Crippen LogP contribution in [0.5, 0.6) is 0 Å². The molecule has 2 aliphatic heterocycles. The molecule has 10 nitrogen and oxygen atoms in total. The molecule has 180 valence electrons. The van der Waals surface area contributed by atoms with E-state index in [9.17, 15) is 22.9 Å². The minimum absolute atomic E-state index is 0.0168. The molecule has 2 heterocycles. The van der Waals surface area contributed by atoms with E-state index in [2.05, 4.69) is 14.8 Å².